The lowest BCUT2D eigenvalue weighted by Gasteiger charge is -2.26. The summed E-state index contributed by atoms with van der Waals surface area (Å²) in [6, 6.07) is 11.3. The molecule has 6 nitrogen and oxygen atoms in total. The van der Waals surface area contributed by atoms with E-state index in [2.05, 4.69) is 10.4 Å². The van der Waals surface area contributed by atoms with E-state index < -0.39 is 11.9 Å². The first-order valence-corrected chi connectivity index (χ1v) is 8.48. The van der Waals surface area contributed by atoms with E-state index in [0.717, 1.165) is 5.69 Å². The zero-order valence-corrected chi connectivity index (χ0v) is 14.8. The molecule has 0 fully saturated rings. The first kappa shape index (κ1) is 18.7. The van der Waals surface area contributed by atoms with Crippen LogP contribution in [0.4, 0.5) is 5.82 Å². The van der Waals surface area contributed by atoms with Crippen LogP contribution >= 0.6 is 0 Å². The normalized spacial score (nSPS) is 13.4. The maximum atomic E-state index is 12.2. The number of amides is 1. The van der Waals surface area contributed by atoms with Crippen molar-refractivity contribution in [3.8, 4) is 5.69 Å². The number of carboxylic acids is 1. The largest absolute Gasteiger partial charge is 0.550 e. The van der Waals surface area contributed by atoms with Gasteiger partial charge in [-0.15, -0.1) is 0 Å². The summed E-state index contributed by atoms with van der Waals surface area (Å²) in [5.41, 5.74) is 0.894. The molecule has 0 spiro atoms. The lowest BCUT2D eigenvalue weighted by atomic mass is 9.84. The summed E-state index contributed by atoms with van der Waals surface area (Å²) < 4.78 is 1.67. The molecule has 0 aliphatic rings. The van der Waals surface area contributed by atoms with E-state index in [4.69, 9.17) is 0 Å². The monoisotopic (exact) mass is 342 g/mol. The molecular weight excluding hydrogens is 318 g/mol. The first-order chi connectivity index (χ1) is 11.9. The molecule has 2 aromatic rings. The lowest BCUT2D eigenvalue weighted by Crippen LogP contribution is -2.37. The van der Waals surface area contributed by atoms with Crippen molar-refractivity contribution in [2.45, 2.75) is 33.6 Å². The number of aromatic nitrogens is 2. The standard InChI is InChI=1S/C19H25N3O3/c1-13(2)11-16(19(24)25)14(3)12-18(23)20-17-9-10-22(21-17)15-7-5-4-6-8-15/h4-10,13-14,16H,11-12H2,1-3H3,(H,24,25)(H,20,21,23)/p-1/t14-,16-/m1/s1. The molecular formula is C19H24N3O3-. The van der Waals surface area contributed by atoms with Gasteiger partial charge < -0.3 is 15.2 Å². The van der Waals surface area contributed by atoms with Crippen molar-refractivity contribution in [2.24, 2.45) is 17.8 Å². The molecule has 0 aliphatic carbocycles. The summed E-state index contributed by atoms with van der Waals surface area (Å²) in [5.74, 6) is -1.61. The Morgan fingerprint density at radius 1 is 1.16 bits per heavy atom. The first-order valence-electron chi connectivity index (χ1n) is 8.48. The van der Waals surface area contributed by atoms with E-state index in [1.807, 2.05) is 44.2 Å². The second-order valence-electron chi connectivity index (χ2n) is 6.77. The van der Waals surface area contributed by atoms with Gasteiger partial charge in [-0.25, -0.2) is 4.68 Å². The van der Waals surface area contributed by atoms with Crippen LogP contribution in [0.3, 0.4) is 0 Å². The highest BCUT2D eigenvalue weighted by Gasteiger charge is 2.22. The highest BCUT2D eigenvalue weighted by molar-refractivity contribution is 5.90. The molecule has 2 rings (SSSR count). The predicted molar refractivity (Wildman–Crippen MR) is 93.9 cm³/mol. The number of anilines is 1. The highest BCUT2D eigenvalue weighted by Crippen LogP contribution is 2.23. The van der Waals surface area contributed by atoms with Gasteiger partial charge in [-0.3, -0.25) is 4.79 Å². The number of para-hydroxylation sites is 1. The van der Waals surface area contributed by atoms with Crippen LogP contribution in [-0.2, 0) is 9.59 Å². The smallest absolute Gasteiger partial charge is 0.225 e. The molecule has 1 N–H and O–H groups in total. The Kier molecular flexibility index (Phi) is 6.33. The summed E-state index contributed by atoms with van der Waals surface area (Å²) in [4.78, 5) is 23.5. The molecule has 0 radical (unpaired) electrons. The Bertz CT molecular complexity index is 710. The summed E-state index contributed by atoms with van der Waals surface area (Å²) in [6.45, 7) is 5.68. The van der Waals surface area contributed by atoms with Crippen LogP contribution in [0.1, 0.15) is 33.6 Å². The fraction of sp³-hybridized carbons (Fsp3) is 0.421. The van der Waals surface area contributed by atoms with E-state index in [-0.39, 0.29) is 24.2 Å². The van der Waals surface area contributed by atoms with E-state index >= 15 is 0 Å². The fourth-order valence-corrected chi connectivity index (χ4v) is 2.81. The van der Waals surface area contributed by atoms with Crippen molar-refractivity contribution in [3.05, 3.63) is 42.6 Å². The Morgan fingerprint density at radius 3 is 2.44 bits per heavy atom. The Balaban J connectivity index is 1.96. The summed E-state index contributed by atoms with van der Waals surface area (Å²) in [5, 5.41) is 18.4. The van der Waals surface area contributed by atoms with Gasteiger partial charge in [0.15, 0.2) is 5.82 Å². The van der Waals surface area contributed by atoms with Crippen molar-refractivity contribution in [3.63, 3.8) is 0 Å². The second-order valence-corrected chi connectivity index (χ2v) is 6.77. The molecule has 0 unspecified atom stereocenters. The van der Waals surface area contributed by atoms with Crippen molar-refractivity contribution < 1.29 is 14.7 Å². The Morgan fingerprint density at radius 2 is 1.84 bits per heavy atom. The minimum atomic E-state index is -1.10. The number of hydrogen-bond acceptors (Lipinski definition) is 4. The topological polar surface area (TPSA) is 87.0 Å². The number of carbonyl (C=O) groups is 2. The molecule has 0 saturated carbocycles. The van der Waals surface area contributed by atoms with Crippen LogP contribution in [0.5, 0.6) is 0 Å². The Hall–Kier alpha value is -2.63. The van der Waals surface area contributed by atoms with Crippen LogP contribution in [-0.4, -0.2) is 21.7 Å². The number of hydrogen-bond donors (Lipinski definition) is 1. The fourth-order valence-electron chi connectivity index (χ4n) is 2.81. The zero-order chi connectivity index (χ0) is 18.4. The van der Waals surface area contributed by atoms with Gasteiger partial charge in [0.1, 0.15) is 0 Å². The van der Waals surface area contributed by atoms with Crippen LogP contribution in [0.25, 0.3) is 5.69 Å². The zero-order valence-electron chi connectivity index (χ0n) is 14.8. The van der Waals surface area contributed by atoms with Gasteiger partial charge in [0.25, 0.3) is 0 Å². The van der Waals surface area contributed by atoms with Crippen molar-refractivity contribution in [1.29, 1.82) is 0 Å². The van der Waals surface area contributed by atoms with Crippen LogP contribution in [0, 0.1) is 17.8 Å². The average molecular weight is 342 g/mol. The maximum absolute atomic E-state index is 12.2. The number of rotatable bonds is 8. The molecule has 134 valence electrons. The van der Waals surface area contributed by atoms with E-state index in [9.17, 15) is 14.7 Å². The van der Waals surface area contributed by atoms with Gasteiger partial charge in [-0.2, -0.15) is 5.10 Å². The molecule has 0 saturated heterocycles. The molecule has 6 heteroatoms. The minimum Gasteiger partial charge on any atom is -0.550 e. The highest BCUT2D eigenvalue weighted by atomic mass is 16.4. The third-order valence-corrected chi connectivity index (χ3v) is 4.10. The molecule has 1 amide bonds. The molecule has 0 bridgehead atoms. The summed E-state index contributed by atoms with van der Waals surface area (Å²) in [6.07, 6.45) is 2.38. The van der Waals surface area contributed by atoms with Gasteiger partial charge in [0.05, 0.1) is 5.69 Å². The minimum absolute atomic E-state index is 0.115. The molecule has 1 aromatic heterocycles. The Labute approximate surface area is 147 Å². The van der Waals surface area contributed by atoms with E-state index in [0.29, 0.717) is 12.2 Å². The average Bonchev–Trinajstić information content (AvgIpc) is 3.01. The lowest BCUT2D eigenvalue weighted by molar-refractivity contribution is -0.313. The van der Waals surface area contributed by atoms with Gasteiger partial charge in [-0.05, 0) is 30.4 Å². The third kappa shape index (κ3) is 5.45. The molecule has 25 heavy (non-hydrogen) atoms. The number of benzene rings is 1. The molecule has 0 aliphatic heterocycles. The third-order valence-electron chi connectivity index (χ3n) is 4.10. The van der Waals surface area contributed by atoms with E-state index in [1.165, 1.54) is 0 Å². The van der Waals surface area contributed by atoms with Crippen LogP contribution in [0.2, 0.25) is 0 Å². The number of carbonyl (C=O) groups excluding carboxylic acids is 2. The van der Waals surface area contributed by atoms with Crippen molar-refractivity contribution in [2.75, 3.05) is 5.32 Å². The number of aliphatic carboxylic acids is 1. The second kappa shape index (κ2) is 8.46. The van der Waals surface area contributed by atoms with E-state index in [1.54, 1.807) is 23.9 Å². The molecule has 1 aromatic carbocycles. The summed E-state index contributed by atoms with van der Waals surface area (Å²) >= 11 is 0. The number of nitrogens with zero attached hydrogens (tertiary/aromatic N) is 2. The SMILES string of the molecule is CC(C)C[C@@H](C(=O)[O-])[C@H](C)CC(=O)Nc1ccn(-c2ccccc2)n1. The molecule has 2 atom stereocenters. The van der Waals surface area contributed by atoms with Gasteiger partial charge in [0, 0.05) is 30.6 Å². The summed E-state index contributed by atoms with van der Waals surface area (Å²) in [7, 11) is 0. The predicted octanol–water partition coefficient (Wildman–Crippen LogP) is 2.25. The quantitative estimate of drug-likeness (QED) is 0.797. The van der Waals surface area contributed by atoms with Crippen molar-refractivity contribution in [1.82, 2.24) is 9.78 Å². The van der Waals surface area contributed by atoms with Gasteiger partial charge >= 0.3 is 0 Å². The van der Waals surface area contributed by atoms with Gasteiger partial charge in [-0.1, -0.05) is 39.0 Å². The van der Waals surface area contributed by atoms with Gasteiger partial charge in [0.2, 0.25) is 5.91 Å². The number of carboxylic acid groups (broad SMARTS) is 1. The van der Waals surface area contributed by atoms with Crippen LogP contribution in [0.15, 0.2) is 42.6 Å². The molecule has 1 heterocycles. The van der Waals surface area contributed by atoms with Crippen molar-refractivity contribution >= 4 is 17.7 Å². The number of nitrogens with one attached hydrogen (secondary N) is 1. The maximum Gasteiger partial charge on any atom is 0.225 e. The van der Waals surface area contributed by atoms with Crippen LogP contribution < -0.4 is 10.4 Å².